The first kappa shape index (κ1) is 79.4. The van der Waals surface area contributed by atoms with Crippen LogP contribution in [0.1, 0.15) is 309 Å². The first-order chi connectivity index (χ1) is 40.0. The zero-order valence-electron chi connectivity index (χ0n) is 54.5. The highest BCUT2D eigenvalue weighted by molar-refractivity contribution is 7.47. The molecule has 0 saturated heterocycles. The van der Waals surface area contributed by atoms with E-state index >= 15 is 0 Å². The van der Waals surface area contributed by atoms with E-state index in [1.165, 1.54) is 212 Å². The van der Waals surface area contributed by atoms with Crippen LogP contribution >= 0.6 is 7.82 Å². The Bertz CT molecular complexity index is 1660. The lowest BCUT2D eigenvalue weighted by Gasteiger charge is -2.25. The van der Waals surface area contributed by atoms with E-state index in [4.69, 9.17) is 9.05 Å². The largest absolute Gasteiger partial charge is 0.472 e. The second-order valence-electron chi connectivity index (χ2n) is 24.5. The number of nitrogens with one attached hydrogen (secondary N) is 1. The molecule has 3 N–H and O–H groups in total. The van der Waals surface area contributed by atoms with Gasteiger partial charge in [-0.2, -0.15) is 0 Å². The van der Waals surface area contributed by atoms with Gasteiger partial charge in [0.15, 0.2) is 0 Å². The molecule has 0 aromatic rings. The number of carbonyl (C=O) groups is 1. The van der Waals surface area contributed by atoms with E-state index in [9.17, 15) is 19.4 Å². The van der Waals surface area contributed by atoms with Gasteiger partial charge in [0.05, 0.1) is 39.9 Å². The molecule has 0 heterocycles. The van der Waals surface area contributed by atoms with Crippen molar-refractivity contribution in [2.24, 2.45) is 0 Å². The predicted octanol–water partition coefficient (Wildman–Crippen LogP) is 22.1. The second-order valence-corrected chi connectivity index (χ2v) is 26.0. The van der Waals surface area contributed by atoms with Crippen LogP contribution in [0.5, 0.6) is 0 Å². The predicted molar refractivity (Wildman–Crippen MR) is 359 cm³/mol. The minimum Gasteiger partial charge on any atom is -0.387 e. The first-order valence-corrected chi connectivity index (χ1v) is 36.1. The first-order valence-electron chi connectivity index (χ1n) is 34.6. The Kier molecular flexibility index (Phi) is 61.0. The summed E-state index contributed by atoms with van der Waals surface area (Å²) in [5.41, 5.74) is 0. The van der Waals surface area contributed by atoms with E-state index < -0.39 is 20.0 Å². The molecule has 476 valence electrons. The van der Waals surface area contributed by atoms with Gasteiger partial charge in [0, 0.05) is 6.42 Å². The molecular weight excluding hydrogens is 1030 g/mol. The van der Waals surface area contributed by atoms with Gasteiger partial charge in [-0.15, -0.1) is 0 Å². The number of aliphatic hydroxyl groups is 1. The van der Waals surface area contributed by atoms with Crippen molar-refractivity contribution in [2.75, 3.05) is 40.9 Å². The maximum absolute atomic E-state index is 13.0. The number of likely N-dealkylation sites (N-methyl/N-ethyl adjacent to an activating group) is 1. The van der Waals surface area contributed by atoms with Gasteiger partial charge in [-0.3, -0.25) is 13.8 Å². The van der Waals surface area contributed by atoms with E-state index in [1.807, 2.05) is 27.2 Å². The third-order valence-electron chi connectivity index (χ3n) is 15.3. The molecule has 82 heavy (non-hydrogen) atoms. The summed E-state index contributed by atoms with van der Waals surface area (Å²) in [6.07, 6.45) is 91.3. The van der Waals surface area contributed by atoms with E-state index in [1.54, 1.807) is 6.08 Å². The molecule has 0 aromatic carbocycles. The Hall–Kier alpha value is -2.58. The van der Waals surface area contributed by atoms with Crippen molar-refractivity contribution in [2.45, 2.75) is 321 Å². The minimum atomic E-state index is -4.37. The highest BCUT2D eigenvalue weighted by atomic mass is 31.2. The number of carbonyl (C=O) groups excluding carboxylic acids is 1. The van der Waals surface area contributed by atoms with Crippen molar-refractivity contribution >= 4 is 13.7 Å². The fraction of sp³-hybridized carbons (Fsp3) is 0.767. The highest BCUT2D eigenvalue weighted by Gasteiger charge is 2.28. The summed E-state index contributed by atoms with van der Waals surface area (Å²) in [4.78, 5) is 23.4. The molecule has 0 aliphatic rings. The van der Waals surface area contributed by atoms with Crippen LogP contribution in [0.15, 0.2) is 97.2 Å². The van der Waals surface area contributed by atoms with Gasteiger partial charge in [-0.1, -0.05) is 310 Å². The number of hydrogen-bond acceptors (Lipinski definition) is 5. The average molecular weight is 1170 g/mol. The lowest BCUT2D eigenvalue weighted by atomic mass is 10.0. The van der Waals surface area contributed by atoms with Gasteiger partial charge >= 0.3 is 7.82 Å². The Balaban J connectivity index is 4.13. The monoisotopic (exact) mass is 1170 g/mol. The highest BCUT2D eigenvalue weighted by Crippen LogP contribution is 2.43. The SMILES string of the molecule is CC/C=C\C/C=C\C/C=C\C/C=C\C/C=C\CCCCCCCCCCCCCCCCCCCC(=O)NC(COP(=O)(O)OCC[N+](C)(C)C)C(O)/C=C/CC/C=C/CC/C=C/CCCCCCCCCCCCCCCCCCC. The van der Waals surface area contributed by atoms with E-state index in [0.29, 0.717) is 17.4 Å². The number of hydrogen-bond donors (Lipinski definition) is 3. The molecule has 8 nitrogen and oxygen atoms in total. The van der Waals surface area contributed by atoms with Crippen molar-refractivity contribution in [3.05, 3.63) is 97.2 Å². The molecule has 0 aliphatic heterocycles. The number of rotatable bonds is 63. The van der Waals surface area contributed by atoms with Crippen molar-refractivity contribution in [1.29, 1.82) is 0 Å². The molecule has 0 aromatic heterocycles. The lowest BCUT2D eigenvalue weighted by molar-refractivity contribution is -0.870. The van der Waals surface area contributed by atoms with Gasteiger partial charge in [-0.25, -0.2) is 4.57 Å². The molecule has 0 spiro atoms. The molecule has 0 rings (SSSR count). The number of allylic oxidation sites excluding steroid dienone is 15. The molecule has 0 bridgehead atoms. The smallest absolute Gasteiger partial charge is 0.387 e. The fourth-order valence-electron chi connectivity index (χ4n) is 9.93. The van der Waals surface area contributed by atoms with Crippen LogP contribution < -0.4 is 5.32 Å². The molecule has 0 aliphatic carbocycles. The Morgan fingerprint density at radius 3 is 1.12 bits per heavy atom. The molecular formula is C73H134N2O6P+. The van der Waals surface area contributed by atoms with Crippen LogP contribution in [0.4, 0.5) is 0 Å². The molecule has 0 saturated carbocycles. The number of phosphoric ester groups is 1. The molecule has 3 atom stereocenters. The van der Waals surface area contributed by atoms with Gasteiger partial charge in [0.25, 0.3) is 0 Å². The summed E-state index contributed by atoms with van der Waals surface area (Å²) in [5, 5.41) is 14.0. The van der Waals surface area contributed by atoms with Gasteiger partial charge in [0.2, 0.25) is 5.91 Å². The van der Waals surface area contributed by atoms with E-state index in [-0.39, 0.29) is 19.1 Å². The van der Waals surface area contributed by atoms with Gasteiger partial charge in [0.1, 0.15) is 13.2 Å². The summed E-state index contributed by atoms with van der Waals surface area (Å²) in [7, 11) is 1.55. The zero-order valence-corrected chi connectivity index (χ0v) is 55.4. The molecule has 3 unspecified atom stereocenters. The molecule has 1 amide bonds. The summed E-state index contributed by atoms with van der Waals surface area (Å²) in [6, 6.07) is -0.876. The average Bonchev–Trinajstić information content (AvgIpc) is 3.47. The standard InChI is InChI=1S/C73H133N2O6P/c1-6-8-10-12-14-16-18-20-22-24-26-28-30-32-34-35-36-37-38-39-41-43-45-47-49-51-53-55-57-59-61-63-65-67-73(77)74-71(70-81-82(78,79)80-69-68-75(3,4)5)72(76)66-64-62-60-58-56-54-52-50-48-46-44-42-40-33-31-29-27-25-23-21-19-17-15-13-11-9-7-2/h8,10,14,16,20,22,26,28,32,34,48,50,56,58,64,66,71-72,76H,6-7,9,11-13,15,17-19,21,23-25,27,29-31,33,35-47,49,51-55,57,59-63,65,67-70H2,1-5H3,(H-,74,77,78,79)/p+1/b10-8-,16-14-,22-20-,28-26-,34-32-,50-48+,58-56+,66-64+. The van der Waals surface area contributed by atoms with Crippen molar-refractivity contribution in [3.63, 3.8) is 0 Å². The zero-order chi connectivity index (χ0) is 59.8. The third-order valence-corrected chi connectivity index (χ3v) is 16.2. The van der Waals surface area contributed by atoms with Crippen molar-refractivity contribution in [3.8, 4) is 0 Å². The normalized spacial score (nSPS) is 14.3. The maximum Gasteiger partial charge on any atom is 0.472 e. The van der Waals surface area contributed by atoms with Crippen molar-refractivity contribution < 1.29 is 32.9 Å². The quantitative estimate of drug-likeness (QED) is 0.0243. The molecule has 0 fully saturated rings. The van der Waals surface area contributed by atoms with Gasteiger partial charge < -0.3 is 19.8 Å². The summed E-state index contributed by atoms with van der Waals surface area (Å²) >= 11 is 0. The number of aliphatic hydroxyl groups excluding tert-OH is 1. The second kappa shape index (κ2) is 62.9. The third kappa shape index (κ3) is 65.0. The van der Waals surface area contributed by atoms with Crippen LogP contribution in [0.3, 0.4) is 0 Å². The number of quaternary nitrogens is 1. The number of phosphoric acid groups is 1. The maximum atomic E-state index is 13.0. The van der Waals surface area contributed by atoms with Crippen LogP contribution in [0.25, 0.3) is 0 Å². The van der Waals surface area contributed by atoms with Crippen LogP contribution in [-0.2, 0) is 18.4 Å². The molecule has 0 radical (unpaired) electrons. The fourth-order valence-corrected chi connectivity index (χ4v) is 10.7. The van der Waals surface area contributed by atoms with E-state index in [2.05, 4.69) is 104 Å². The number of unbranched alkanes of at least 4 members (excludes halogenated alkanes) is 36. The summed E-state index contributed by atoms with van der Waals surface area (Å²) < 4.78 is 23.8. The topological polar surface area (TPSA) is 105 Å². The number of amides is 1. The van der Waals surface area contributed by atoms with Gasteiger partial charge in [-0.05, 0) is 89.9 Å². The van der Waals surface area contributed by atoms with Crippen molar-refractivity contribution in [1.82, 2.24) is 5.32 Å². The van der Waals surface area contributed by atoms with Crippen LogP contribution in [-0.4, -0.2) is 73.4 Å². The minimum absolute atomic E-state index is 0.0511. The summed E-state index contributed by atoms with van der Waals surface area (Å²) in [5.74, 6) is -0.190. The van der Waals surface area contributed by atoms with Crippen LogP contribution in [0, 0.1) is 0 Å². The Labute approximate surface area is 509 Å². The molecule has 9 heteroatoms. The van der Waals surface area contributed by atoms with Crippen LogP contribution in [0.2, 0.25) is 0 Å². The summed E-state index contributed by atoms with van der Waals surface area (Å²) in [6.45, 7) is 4.70. The Morgan fingerprint density at radius 2 is 0.744 bits per heavy atom. The lowest BCUT2D eigenvalue weighted by Crippen LogP contribution is -2.45. The number of nitrogens with zero attached hydrogens (tertiary/aromatic N) is 1. The Morgan fingerprint density at radius 1 is 0.427 bits per heavy atom. The van der Waals surface area contributed by atoms with E-state index in [0.717, 1.165) is 77.0 Å².